The maximum Gasteiger partial charge on any atom is 0.142 e. The van der Waals surface area contributed by atoms with Crippen LogP contribution in [0.2, 0.25) is 0 Å². The molecule has 0 aliphatic carbocycles. The summed E-state index contributed by atoms with van der Waals surface area (Å²) in [4.78, 5) is 12.0. The number of terminal acetylenes is 1. The number of rotatable bonds is 6. The zero-order chi connectivity index (χ0) is 15.0. The van der Waals surface area contributed by atoms with Gasteiger partial charge in [-0.25, -0.2) is 9.38 Å². The number of aliphatic imine (C=N–C) groups is 2. The van der Waals surface area contributed by atoms with E-state index in [1.54, 1.807) is 25.5 Å². The molecule has 1 unspecified atom stereocenters. The minimum atomic E-state index is -1.06. The second-order valence-electron chi connectivity index (χ2n) is 3.98. The van der Waals surface area contributed by atoms with E-state index in [1.807, 2.05) is 0 Å². The van der Waals surface area contributed by atoms with Crippen molar-refractivity contribution in [2.75, 3.05) is 7.05 Å². The minimum absolute atomic E-state index is 0.302. The summed E-state index contributed by atoms with van der Waals surface area (Å²) in [6.07, 6.45) is 9.00. The predicted octanol–water partition coefficient (Wildman–Crippen LogP) is 2.45. The van der Waals surface area contributed by atoms with Crippen LogP contribution in [-0.2, 0) is 6.54 Å². The Hall–Kier alpha value is -2.48. The third-order valence-electron chi connectivity index (χ3n) is 2.66. The van der Waals surface area contributed by atoms with E-state index in [0.29, 0.717) is 23.5 Å². The first-order valence-electron chi connectivity index (χ1n) is 6.06. The van der Waals surface area contributed by atoms with Crippen LogP contribution in [0.25, 0.3) is 0 Å². The van der Waals surface area contributed by atoms with Crippen molar-refractivity contribution in [1.82, 2.24) is 10.3 Å². The van der Waals surface area contributed by atoms with Crippen molar-refractivity contribution in [3.05, 3.63) is 41.0 Å². The van der Waals surface area contributed by atoms with Gasteiger partial charge in [-0.2, -0.15) is 0 Å². The first-order valence-corrected chi connectivity index (χ1v) is 6.06. The Morgan fingerprint density at radius 3 is 3.00 bits per heavy atom. The van der Waals surface area contributed by atoms with Crippen molar-refractivity contribution < 1.29 is 4.39 Å². The van der Waals surface area contributed by atoms with E-state index in [2.05, 4.69) is 32.9 Å². The fourth-order valence-corrected chi connectivity index (χ4v) is 1.66. The SMILES string of the molecule is C#CC(/C=N\Cc1cnccc1C(C)F)=C(/N=C)NC. The highest BCUT2D eigenvalue weighted by Crippen LogP contribution is 2.20. The summed E-state index contributed by atoms with van der Waals surface area (Å²) < 4.78 is 13.4. The molecule has 0 saturated heterocycles. The first-order chi connectivity index (χ1) is 9.63. The zero-order valence-corrected chi connectivity index (χ0v) is 11.6. The van der Waals surface area contributed by atoms with E-state index >= 15 is 0 Å². The van der Waals surface area contributed by atoms with Crippen LogP contribution in [0.4, 0.5) is 4.39 Å². The lowest BCUT2D eigenvalue weighted by Crippen LogP contribution is -2.07. The van der Waals surface area contributed by atoms with Gasteiger partial charge in [0, 0.05) is 25.7 Å². The molecular weight excluding hydrogens is 255 g/mol. The molecule has 0 amide bonds. The maximum atomic E-state index is 13.4. The number of halogens is 1. The van der Waals surface area contributed by atoms with E-state index in [0.717, 1.165) is 5.56 Å². The fourth-order valence-electron chi connectivity index (χ4n) is 1.66. The van der Waals surface area contributed by atoms with Crippen LogP contribution in [0.15, 0.2) is 39.8 Å². The van der Waals surface area contributed by atoms with E-state index in [1.165, 1.54) is 13.1 Å². The van der Waals surface area contributed by atoms with Gasteiger partial charge in [-0.15, -0.1) is 6.42 Å². The second-order valence-corrected chi connectivity index (χ2v) is 3.98. The van der Waals surface area contributed by atoms with Gasteiger partial charge in [0.25, 0.3) is 0 Å². The topological polar surface area (TPSA) is 49.6 Å². The molecule has 20 heavy (non-hydrogen) atoms. The highest BCUT2D eigenvalue weighted by atomic mass is 19.1. The van der Waals surface area contributed by atoms with Crippen LogP contribution in [0.3, 0.4) is 0 Å². The highest BCUT2D eigenvalue weighted by Gasteiger charge is 2.08. The van der Waals surface area contributed by atoms with Crippen molar-refractivity contribution >= 4 is 12.9 Å². The number of hydrogen-bond donors (Lipinski definition) is 1. The van der Waals surface area contributed by atoms with Gasteiger partial charge in [-0.05, 0) is 30.8 Å². The van der Waals surface area contributed by atoms with Gasteiger partial charge < -0.3 is 5.32 Å². The molecule has 5 heteroatoms. The Kier molecular flexibility index (Phi) is 6.11. The lowest BCUT2D eigenvalue weighted by molar-refractivity contribution is 0.371. The van der Waals surface area contributed by atoms with Crippen molar-refractivity contribution in [3.63, 3.8) is 0 Å². The van der Waals surface area contributed by atoms with Crippen molar-refractivity contribution in [3.8, 4) is 12.3 Å². The van der Waals surface area contributed by atoms with Crippen molar-refractivity contribution in [2.45, 2.75) is 19.6 Å². The number of nitrogens with zero attached hydrogens (tertiary/aromatic N) is 3. The summed E-state index contributed by atoms with van der Waals surface area (Å²) in [5, 5.41) is 2.83. The number of hydrogen-bond acceptors (Lipinski definition) is 4. The molecule has 0 fully saturated rings. The van der Waals surface area contributed by atoms with Crippen molar-refractivity contribution in [2.24, 2.45) is 9.98 Å². The Bertz CT molecular complexity index is 567. The van der Waals surface area contributed by atoms with Gasteiger partial charge in [0.1, 0.15) is 12.0 Å². The average Bonchev–Trinajstić information content (AvgIpc) is 2.47. The monoisotopic (exact) mass is 272 g/mol. The normalized spacial score (nSPS) is 13.5. The first kappa shape index (κ1) is 15.6. The molecule has 4 nitrogen and oxygen atoms in total. The highest BCUT2D eigenvalue weighted by molar-refractivity contribution is 5.85. The third kappa shape index (κ3) is 4.02. The Morgan fingerprint density at radius 1 is 1.70 bits per heavy atom. The molecule has 0 radical (unpaired) electrons. The quantitative estimate of drug-likeness (QED) is 0.639. The van der Waals surface area contributed by atoms with E-state index < -0.39 is 6.17 Å². The molecule has 0 aliphatic heterocycles. The molecule has 1 aromatic heterocycles. The summed E-state index contributed by atoms with van der Waals surface area (Å²) >= 11 is 0. The largest absolute Gasteiger partial charge is 0.372 e. The molecule has 1 atom stereocenters. The smallest absolute Gasteiger partial charge is 0.142 e. The van der Waals surface area contributed by atoms with Gasteiger partial charge in [0.15, 0.2) is 0 Å². The van der Waals surface area contributed by atoms with Gasteiger partial charge in [0.2, 0.25) is 0 Å². The van der Waals surface area contributed by atoms with Crippen molar-refractivity contribution in [1.29, 1.82) is 0 Å². The predicted molar refractivity (Wildman–Crippen MR) is 80.4 cm³/mol. The van der Waals surface area contributed by atoms with Crippen LogP contribution >= 0.6 is 0 Å². The molecular formula is C15H17FN4. The van der Waals surface area contributed by atoms with Crippen LogP contribution in [0.5, 0.6) is 0 Å². The zero-order valence-electron chi connectivity index (χ0n) is 11.6. The van der Waals surface area contributed by atoms with Crippen LogP contribution in [0, 0.1) is 12.3 Å². The Morgan fingerprint density at radius 2 is 2.45 bits per heavy atom. The molecule has 0 aromatic carbocycles. The summed E-state index contributed by atoms with van der Waals surface area (Å²) in [5.74, 6) is 2.95. The molecule has 1 heterocycles. The number of nitrogens with one attached hydrogen (secondary N) is 1. The van der Waals surface area contributed by atoms with Gasteiger partial charge in [0.05, 0.1) is 12.1 Å². The maximum absolute atomic E-state index is 13.4. The molecule has 0 spiro atoms. The summed E-state index contributed by atoms with van der Waals surface area (Å²) in [6.45, 7) is 5.20. The minimum Gasteiger partial charge on any atom is -0.372 e. The molecule has 1 N–H and O–H groups in total. The summed E-state index contributed by atoms with van der Waals surface area (Å²) in [7, 11) is 1.69. The lowest BCUT2D eigenvalue weighted by atomic mass is 10.1. The van der Waals surface area contributed by atoms with Gasteiger partial charge >= 0.3 is 0 Å². The number of aromatic nitrogens is 1. The summed E-state index contributed by atoms with van der Waals surface area (Å²) in [6, 6.07) is 1.65. The van der Waals surface area contributed by atoms with Crippen LogP contribution < -0.4 is 5.32 Å². The number of alkyl halides is 1. The summed E-state index contributed by atoms with van der Waals surface area (Å²) in [5.41, 5.74) is 1.80. The molecule has 104 valence electrons. The lowest BCUT2D eigenvalue weighted by Gasteiger charge is -2.07. The van der Waals surface area contributed by atoms with E-state index in [9.17, 15) is 4.39 Å². The molecule has 0 aliphatic rings. The van der Waals surface area contributed by atoms with Crippen LogP contribution in [0.1, 0.15) is 24.2 Å². The molecule has 1 rings (SSSR count). The van der Waals surface area contributed by atoms with E-state index in [-0.39, 0.29) is 0 Å². The second kappa shape index (κ2) is 7.85. The number of pyridine rings is 1. The standard InChI is InChI=1S/C15H17FN4/c1-5-12(15(17-3)18-4)8-20-10-13-9-19-7-6-14(13)11(2)16/h1,6-9,11,18H,3,10H2,2,4H3/b15-12+,20-8-. The van der Waals surface area contributed by atoms with Gasteiger partial charge in [-0.1, -0.05) is 5.92 Å². The Balaban J connectivity index is 2.92. The number of allylic oxidation sites excluding steroid dienone is 1. The molecule has 0 bridgehead atoms. The van der Waals surface area contributed by atoms with E-state index in [4.69, 9.17) is 6.42 Å². The average molecular weight is 272 g/mol. The van der Waals surface area contributed by atoms with Crippen LogP contribution in [-0.4, -0.2) is 25.0 Å². The molecule has 0 saturated carbocycles. The molecule has 1 aromatic rings. The fraction of sp³-hybridized carbons (Fsp3) is 0.267. The Labute approximate surface area is 118 Å². The van der Waals surface area contributed by atoms with Gasteiger partial charge in [-0.3, -0.25) is 9.98 Å². The third-order valence-corrected chi connectivity index (χ3v) is 2.66.